The largest absolute Gasteiger partial charge is 0.467 e. The highest BCUT2D eigenvalue weighted by Crippen LogP contribution is 2.22. The molecule has 3 N–H and O–H groups in total. The molecule has 1 aliphatic heterocycles. The van der Waals surface area contributed by atoms with E-state index >= 15 is 4.39 Å². The number of carbonyl (C=O) groups excluding carboxylic acids is 2. The van der Waals surface area contributed by atoms with Crippen LogP contribution in [-0.4, -0.2) is 70.8 Å². The van der Waals surface area contributed by atoms with E-state index in [2.05, 4.69) is 15.6 Å². The molecule has 170 valence electrons. The van der Waals surface area contributed by atoms with Crippen molar-refractivity contribution in [3.63, 3.8) is 0 Å². The standard InChI is InChI=1S/C21H24FN5O5/c1-13-6-7-15(10-23-13)24-20(29)25-16-5-3-4-14(18(16)22)11-26-8-9-27(21(30)31)17(12-26)19(28)32-2/h3-7,10,17H,8-9,11-12H2,1-2H3,(H,30,31)(H2,24,25,29)/t17-/m1/s1. The highest BCUT2D eigenvalue weighted by molar-refractivity contribution is 5.99. The van der Waals surface area contributed by atoms with Crippen molar-refractivity contribution in [2.45, 2.75) is 19.5 Å². The zero-order chi connectivity index (χ0) is 23.3. The number of halogens is 1. The minimum atomic E-state index is -1.22. The number of methoxy groups -OCH3 is 1. The van der Waals surface area contributed by atoms with Gasteiger partial charge in [-0.25, -0.2) is 18.8 Å². The van der Waals surface area contributed by atoms with Gasteiger partial charge in [0.15, 0.2) is 5.82 Å². The van der Waals surface area contributed by atoms with E-state index in [0.29, 0.717) is 17.8 Å². The molecule has 1 aromatic heterocycles. The van der Waals surface area contributed by atoms with Crippen molar-refractivity contribution in [3.05, 3.63) is 53.6 Å². The van der Waals surface area contributed by atoms with Crippen molar-refractivity contribution in [3.8, 4) is 0 Å². The Kier molecular flexibility index (Phi) is 7.21. The molecule has 1 saturated heterocycles. The first-order chi connectivity index (χ1) is 15.3. The first-order valence-electron chi connectivity index (χ1n) is 9.86. The molecular formula is C21H24FN5O5. The summed E-state index contributed by atoms with van der Waals surface area (Å²) in [5, 5.41) is 14.4. The average molecular weight is 445 g/mol. The molecule has 0 bridgehead atoms. The molecule has 2 heterocycles. The predicted molar refractivity (Wildman–Crippen MR) is 114 cm³/mol. The Morgan fingerprint density at radius 1 is 1.22 bits per heavy atom. The Hall–Kier alpha value is -3.73. The van der Waals surface area contributed by atoms with Crippen molar-refractivity contribution < 1.29 is 28.6 Å². The normalized spacial score (nSPS) is 16.3. The summed E-state index contributed by atoms with van der Waals surface area (Å²) in [6.07, 6.45) is 0.281. The lowest BCUT2D eigenvalue weighted by Gasteiger charge is -2.38. The minimum Gasteiger partial charge on any atom is -0.467 e. The SMILES string of the molecule is COC(=O)[C@H]1CN(Cc2cccc(NC(=O)Nc3ccc(C)nc3)c2F)CCN1C(=O)O. The van der Waals surface area contributed by atoms with Crippen LogP contribution >= 0.6 is 0 Å². The van der Waals surface area contributed by atoms with Crippen LogP contribution in [0.15, 0.2) is 36.5 Å². The third-order valence-electron chi connectivity index (χ3n) is 5.07. The summed E-state index contributed by atoms with van der Waals surface area (Å²) in [6.45, 7) is 2.42. The molecule has 0 radical (unpaired) electrons. The summed E-state index contributed by atoms with van der Waals surface area (Å²) in [6, 6.07) is 6.42. The number of hydrogen-bond donors (Lipinski definition) is 3. The van der Waals surface area contributed by atoms with Gasteiger partial charge in [-0.05, 0) is 25.1 Å². The third kappa shape index (κ3) is 5.49. The Morgan fingerprint density at radius 3 is 2.66 bits per heavy atom. The molecular weight excluding hydrogens is 421 g/mol. The monoisotopic (exact) mass is 445 g/mol. The average Bonchev–Trinajstić information content (AvgIpc) is 2.77. The quantitative estimate of drug-likeness (QED) is 0.604. The number of hydrogen-bond acceptors (Lipinski definition) is 6. The lowest BCUT2D eigenvalue weighted by Crippen LogP contribution is -2.58. The van der Waals surface area contributed by atoms with Crippen molar-refractivity contribution in [2.24, 2.45) is 0 Å². The summed E-state index contributed by atoms with van der Waals surface area (Å²) in [4.78, 5) is 42.5. The number of urea groups is 1. The Morgan fingerprint density at radius 2 is 2.00 bits per heavy atom. The van der Waals surface area contributed by atoms with Crippen molar-refractivity contribution >= 4 is 29.5 Å². The molecule has 0 saturated carbocycles. The maximum absolute atomic E-state index is 15.0. The highest BCUT2D eigenvalue weighted by Gasteiger charge is 2.36. The number of rotatable bonds is 5. The smallest absolute Gasteiger partial charge is 0.408 e. The van der Waals surface area contributed by atoms with Gasteiger partial charge in [0, 0.05) is 37.4 Å². The number of nitrogens with one attached hydrogen (secondary N) is 2. The molecule has 3 amide bonds. The summed E-state index contributed by atoms with van der Waals surface area (Å²) in [7, 11) is 1.19. The van der Waals surface area contributed by atoms with E-state index in [0.717, 1.165) is 10.6 Å². The van der Waals surface area contributed by atoms with Crippen LogP contribution < -0.4 is 10.6 Å². The van der Waals surface area contributed by atoms with Gasteiger partial charge in [-0.2, -0.15) is 0 Å². The van der Waals surface area contributed by atoms with Crippen LogP contribution in [0.25, 0.3) is 0 Å². The fraction of sp³-hybridized carbons (Fsp3) is 0.333. The molecule has 10 nitrogen and oxygen atoms in total. The van der Waals surface area contributed by atoms with Crippen LogP contribution in [0.1, 0.15) is 11.3 Å². The summed E-state index contributed by atoms with van der Waals surface area (Å²) in [5.74, 6) is -1.28. The predicted octanol–water partition coefficient (Wildman–Crippen LogP) is 2.51. The van der Waals surface area contributed by atoms with E-state index in [4.69, 9.17) is 4.74 Å². The fourth-order valence-electron chi connectivity index (χ4n) is 3.42. The van der Waals surface area contributed by atoms with Crippen LogP contribution in [0.5, 0.6) is 0 Å². The second kappa shape index (κ2) is 10.1. The molecule has 1 aromatic carbocycles. The molecule has 1 fully saturated rings. The van der Waals surface area contributed by atoms with Gasteiger partial charge >= 0.3 is 18.1 Å². The number of ether oxygens (including phenoxy) is 1. The number of pyridine rings is 1. The molecule has 2 aromatic rings. The molecule has 1 aliphatic rings. The molecule has 1 atom stereocenters. The van der Waals surface area contributed by atoms with Gasteiger partial charge in [-0.1, -0.05) is 12.1 Å². The second-order valence-electron chi connectivity index (χ2n) is 7.30. The van der Waals surface area contributed by atoms with E-state index in [-0.39, 0.29) is 25.3 Å². The van der Waals surface area contributed by atoms with E-state index in [1.54, 1.807) is 29.2 Å². The van der Waals surface area contributed by atoms with Gasteiger partial charge < -0.3 is 20.5 Å². The lowest BCUT2D eigenvalue weighted by molar-refractivity contribution is -0.148. The molecule has 3 rings (SSSR count). The third-order valence-corrected chi connectivity index (χ3v) is 5.07. The van der Waals surface area contributed by atoms with Gasteiger partial charge in [0.25, 0.3) is 0 Å². The van der Waals surface area contributed by atoms with Crippen LogP contribution in [0.4, 0.5) is 25.4 Å². The minimum absolute atomic E-state index is 0.00578. The van der Waals surface area contributed by atoms with Crippen molar-refractivity contribution in [1.82, 2.24) is 14.8 Å². The number of aryl methyl sites for hydroxylation is 1. The van der Waals surface area contributed by atoms with Crippen LogP contribution in [0.3, 0.4) is 0 Å². The topological polar surface area (TPSA) is 124 Å². The number of carbonyl (C=O) groups is 3. The first-order valence-corrected chi connectivity index (χ1v) is 9.86. The van der Waals surface area contributed by atoms with Crippen LogP contribution in [0.2, 0.25) is 0 Å². The summed E-state index contributed by atoms with van der Waals surface area (Å²) < 4.78 is 19.7. The molecule has 0 spiro atoms. The maximum Gasteiger partial charge on any atom is 0.408 e. The number of carboxylic acid groups (broad SMARTS) is 1. The summed E-state index contributed by atoms with van der Waals surface area (Å²) in [5.41, 5.74) is 1.56. The van der Waals surface area contributed by atoms with Gasteiger partial charge in [0.1, 0.15) is 6.04 Å². The highest BCUT2D eigenvalue weighted by atomic mass is 19.1. The molecule has 0 unspecified atom stereocenters. The first kappa shape index (κ1) is 22.9. The van der Waals surface area contributed by atoms with E-state index in [1.807, 2.05) is 6.92 Å². The Balaban J connectivity index is 1.67. The number of anilines is 2. The van der Waals surface area contributed by atoms with Gasteiger partial charge in [0.05, 0.1) is 24.7 Å². The van der Waals surface area contributed by atoms with Gasteiger partial charge in [-0.15, -0.1) is 0 Å². The van der Waals surface area contributed by atoms with Gasteiger partial charge in [-0.3, -0.25) is 14.8 Å². The number of piperazine rings is 1. The number of nitrogens with zero attached hydrogens (tertiary/aromatic N) is 3. The van der Waals surface area contributed by atoms with Gasteiger partial charge in [0.2, 0.25) is 0 Å². The van der Waals surface area contributed by atoms with E-state index in [1.165, 1.54) is 19.4 Å². The second-order valence-corrected chi connectivity index (χ2v) is 7.30. The fourth-order valence-corrected chi connectivity index (χ4v) is 3.42. The maximum atomic E-state index is 15.0. The number of amides is 3. The zero-order valence-corrected chi connectivity index (χ0v) is 17.7. The lowest BCUT2D eigenvalue weighted by atomic mass is 10.1. The number of aromatic nitrogens is 1. The Bertz CT molecular complexity index is 1000. The number of benzene rings is 1. The molecule has 0 aliphatic carbocycles. The van der Waals surface area contributed by atoms with Crippen LogP contribution in [0, 0.1) is 12.7 Å². The van der Waals surface area contributed by atoms with Crippen LogP contribution in [-0.2, 0) is 16.1 Å². The van der Waals surface area contributed by atoms with Crippen molar-refractivity contribution in [1.29, 1.82) is 0 Å². The Labute approximate surface area is 184 Å². The zero-order valence-electron chi connectivity index (χ0n) is 17.7. The molecule has 32 heavy (non-hydrogen) atoms. The molecule has 11 heteroatoms. The summed E-state index contributed by atoms with van der Waals surface area (Å²) >= 11 is 0. The van der Waals surface area contributed by atoms with E-state index < -0.39 is 30.0 Å². The van der Waals surface area contributed by atoms with E-state index in [9.17, 15) is 19.5 Å². The number of esters is 1. The van der Waals surface area contributed by atoms with Crippen molar-refractivity contribution in [2.75, 3.05) is 37.4 Å².